The van der Waals surface area contributed by atoms with E-state index in [4.69, 9.17) is 5.26 Å². The van der Waals surface area contributed by atoms with Crippen molar-refractivity contribution in [2.75, 3.05) is 11.9 Å². The Morgan fingerprint density at radius 1 is 1.62 bits per heavy atom. The molecule has 16 heavy (non-hydrogen) atoms. The maximum absolute atomic E-state index is 11.3. The van der Waals surface area contributed by atoms with Crippen LogP contribution in [0.5, 0.6) is 0 Å². The Labute approximate surface area is 93.7 Å². The maximum atomic E-state index is 11.3. The van der Waals surface area contributed by atoms with Crippen LogP contribution in [0.25, 0.3) is 0 Å². The number of aromatic nitrogens is 2. The second-order valence-electron chi connectivity index (χ2n) is 3.45. The van der Waals surface area contributed by atoms with Gasteiger partial charge in [0.2, 0.25) is 11.9 Å². The molecule has 0 unspecified atom stereocenters. The second-order valence-corrected chi connectivity index (χ2v) is 3.45. The van der Waals surface area contributed by atoms with Gasteiger partial charge in [-0.1, -0.05) is 0 Å². The normalized spacial score (nSPS) is 9.62. The van der Waals surface area contributed by atoms with Crippen LogP contribution >= 0.6 is 0 Å². The summed E-state index contributed by atoms with van der Waals surface area (Å²) in [4.78, 5) is 19.1. The maximum Gasteiger partial charge on any atom is 0.239 e. The van der Waals surface area contributed by atoms with Crippen LogP contribution in [-0.4, -0.2) is 28.5 Å². The molecule has 0 spiro atoms. The average Bonchev–Trinajstić information content (AvgIpc) is 2.26. The first-order valence-electron chi connectivity index (χ1n) is 4.88. The SMILES string of the molecule is CC(C)NC(=O)CNc1nccc(C#N)n1. The molecule has 0 atom stereocenters. The third-order valence-corrected chi connectivity index (χ3v) is 1.63. The van der Waals surface area contributed by atoms with Crippen molar-refractivity contribution in [3.63, 3.8) is 0 Å². The molecule has 0 aliphatic rings. The van der Waals surface area contributed by atoms with Gasteiger partial charge in [0.15, 0.2) is 0 Å². The van der Waals surface area contributed by atoms with Crippen molar-refractivity contribution in [1.29, 1.82) is 5.26 Å². The molecule has 1 amide bonds. The molecule has 0 radical (unpaired) electrons. The van der Waals surface area contributed by atoms with Crippen molar-refractivity contribution in [1.82, 2.24) is 15.3 Å². The summed E-state index contributed by atoms with van der Waals surface area (Å²) in [7, 11) is 0. The molecule has 2 N–H and O–H groups in total. The summed E-state index contributed by atoms with van der Waals surface area (Å²) in [6, 6.07) is 3.49. The monoisotopic (exact) mass is 219 g/mol. The average molecular weight is 219 g/mol. The minimum Gasteiger partial charge on any atom is -0.352 e. The summed E-state index contributed by atoms with van der Waals surface area (Å²) in [5.41, 5.74) is 0.266. The molecule has 84 valence electrons. The van der Waals surface area contributed by atoms with E-state index in [-0.39, 0.29) is 30.1 Å². The Balaban J connectivity index is 2.49. The fourth-order valence-corrected chi connectivity index (χ4v) is 1.04. The van der Waals surface area contributed by atoms with E-state index >= 15 is 0 Å². The van der Waals surface area contributed by atoms with E-state index in [9.17, 15) is 4.79 Å². The summed E-state index contributed by atoms with van der Waals surface area (Å²) >= 11 is 0. The number of anilines is 1. The van der Waals surface area contributed by atoms with E-state index in [0.717, 1.165) is 0 Å². The van der Waals surface area contributed by atoms with E-state index in [1.165, 1.54) is 12.3 Å². The molecule has 1 aromatic rings. The number of amides is 1. The molecule has 0 aliphatic carbocycles. The third-order valence-electron chi connectivity index (χ3n) is 1.63. The topological polar surface area (TPSA) is 90.7 Å². The smallest absolute Gasteiger partial charge is 0.239 e. The highest BCUT2D eigenvalue weighted by Crippen LogP contribution is 1.98. The van der Waals surface area contributed by atoms with Crippen LogP contribution in [0, 0.1) is 11.3 Å². The Kier molecular flexibility index (Phi) is 4.21. The second kappa shape index (κ2) is 5.66. The zero-order chi connectivity index (χ0) is 12.0. The summed E-state index contributed by atoms with van der Waals surface area (Å²) in [6.07, 6.45) is 1.47. The van der Waals surface area contributed by atoms with Gasteiger partial charge in [-0.2, -0.15) is 5.26 Å². The van der Waals surface area contributed by atoms with Crippen LogP contribution in [-0.2, 0) is 4.79 Å². The van der Waals surface area contributed by atoms with Gasteiger partial charge < -0.3 is 10.6 Å². The van der Waals surface area contributed by atoms with Gasteiger partial charge in [0, 0.05) is 12.2 Å². The summed E-state index contributed by atoms with van der Waals surface area (Å²) in [6.45, 7) is 3.85. The van der Waals surface area contributed by atoms with Crippen molar-refractivity contribution in [3.05, 3.63) is 18.0 Å². The van der Waals surface area contributed by atoms with Gasteiger partial charge in [0.05, 0.1) is 6.54 Å². The van der Waals surface area contributed by atoms with Gasteiger partial charge in [-0.3, -0.25) is 4.79 Å². The predicted molar refractivity (Wildman–Crippen MR) is 58.5 cm³/mol. The molecule has 0 aromatic carbocycles. The number of hydrogen-bond acceptors (Lipinski definition) is 5. The molecule has 0 saturated heterocycles. The van der Waals surface area contributed by atoms with Crippen molar-refractivity contribution < 1.29 is 4.79 Å². The first-order chi connectivity index (χ1) is 7.61. The molecule has 6 heteroatoms. The van der Waals surface area contributed by atoms with Gasteiger partial charge in [-0.05, 0) is 19.9 Å². The quantitative estimate of drug-likeness (QED) is 0.759. The number of nitriles is 1. The number of rotatable bonds is 4. The molecule has 0 fully saturated rings. The van der Waals surface area contributed by atoms with E-state index in [1.54, 1.807) is 0 Å². The zero-order valence-electron chi connectivity index (χ0n) is 9.19. The van der Waals surface area contributed by atoms with Crippen molar-refractivity contribution in [2.45, 2.75) is 19.9 Å². The van der Waals surface area contributed by atoms with Gasteiger partial charge in [0.1, 0.15) is 11.8 Å². The first kappa shape index (κ1) is 11.9. The highest BCUT2D eigenvalue weighted by molar-refractivity contribution is 5.80. The lowest BCUT2D eigenvalue weighted by Crippen LogP contribution is -2.35. The van der Waals surface area contributed by atoms with Crippen LogP contribution in [0.2, 0.25) is 0 Å². The highest BCUT2D eigenvalue weighted by Gasteiger charge is 2.04. The molecule has 1 heterocycles. The zero-order valence-corrected chi connectivity index (χ0v) is 9.19. The molecule has 1 aromatic heterocycles. The number of carbonyl (C=O) groups excluding carboxylic acids is 1. The Hall–Kier alpha value is -2.16. The highest BCUT2D eigenvalue weighted by atomic mass is 16.1. The van der Waals surface area contributed by atoms with Gasteiger partial charge in [0.25, 0.3) is 0 Å². The summed E-state index contributed by atoms with van der Waals surface area (Å²) in [5, 5.41) is 14.1. The molecular weight excluding hydrogens is 206 g/mol. The molecule has 0 bridgehead atoms. The number of hydrogen-bond donors (Lipinski definition) is 2. The van der Waals surface area contributed by atoms with Crippen LogP contribution < -0.4 is 10.6 Å². The largest absolute Gasteiger partial charge is 0.352 e. The van der Waals surface area contributed by atoms with Crippen LogP contribution in [0.3, 0.4) is 0 Å². The lowest BCUT2D eigenvalue weighted by Gasteiger charge is -2.08. The summed E-state index contributed by atoms with van der Waals surface area (Å²) in [5.74, 6) is 0.138. The summed E-state index contributed by atoms with van der Waals surface area (Å²) < 4.78 is 0. The van der Waals surface area contributed by atoms with E-state index in [2.05, 4.69) is 20.6 Å². The van der Waals surface area contributed by atoms with Crippen LogP contribution in [0.15, 0.2) is 12.3 Å². The predicted octanol–water partition coefficient (Wildman–Crippen LogP) is 0.285. The number of nitrogens with one attached hydrogen (secondary N) is 2. The van der Waals surface area contributed by atoms with E-state index in [1.807, 2.05) is 19.9 Å². The van der Waals surface area contributed by atoms with Crippen molar-refractivity contribution in [3.8, 4) is 6.07 Å². The minimum atomic E-state index is -0.138. The third kappa shape index (κ3) is 3.92. The minimum absolute atomic E-state index is 0.0903. The van der Waals surface area contributed by atoms with Crippen molar-refractivity contribution >= 4 is 11.9 Å². The Bertz CT molecular complexity index is 410. The van der Waals surface area contributed by atoms with Gasteiger partial charge in [-0.25, -0.2) is 9.97 Å². The molecular formula is C10H13N5O. The number of nitrogens with zero attached hydrogens (tertiary/aromatic N) is 3. The van der Waals surface area contributed by atoms with E-state index < -0.39 is 0 Å². The van der Waals surface area contributed by atoms with E-state index in [0.29, 0.717) is 0 Å². The molecule has 0 aliphatic heterocycles. The van der Waals surface area contributed by atoms with Crippen molar-refractivity contribution in [2.24, 2.45) is 0 Å². The Morgan fingerprint density at radius 2 is 2.38 bits per heavy atom. The van der Waals surface area contributed by atoms with Gasteiger partial charge in [-0.15, -0.1) is 0 Å². The molecule has 6 nitrogen and oxygen atoms in total. The lowest BCUT2D eigenvalue weighted by molar-refractivity contribution is -0.119. The lowest BCUT2D eigenvalue weighted by atomic mass is 10.4. The first-order valence-corrected chi connectivity index (χ1v) is 4.88. The fourth-order valence-electron chi connectivity index (χ4n) is 1.04. The van der Waals surface area contributed by atoms with Crippen LogP contribution in [0.1, 0.15) is 19.5 Å². The molecule has 1 rings (SSSR count). The van der Waals surface area contributed by atoms with Crippen LogP contribution in [0.4, 0.5) is 5.95 Å². The van der Waals surface area contributed by atoms with Gasteiger partial charge >= 0.3 is 0 Å². The number of carbonyl (C=O) groups is 1. The Morgan fingerprint density at radius 3 is 3.00 bits per heavy atom. The fraction of sp³-hybridized carbons (Fsp3) is 0.400. The standard InChI is InChI=1S/C10H13N5O/c1-7(2)14-9(16)6-13-10-12-4-3-8(5-11)15-10/h3-4,7H,6H2,1-2H3,(H,14,16)(H,12,13,15). The molecule has 0 saturated carbocycles.